The van der Waals surface area contributed by atoms with E-state index in [1.165, 1.54) is 0 Å². The molecule has 1 nitrogen and oxygen atoms in total. The van der Waals surface area contributed by atoms with Crippen molar-refractivity contribution in [3.63, 3.8) is 0 Å². The van der Waals surface area contributed by atoms with Crippen molar-refractivity contribution >= 4 is 22.6 Å². The Bertz CT molecular complexity index is 508. The first-order valence-electron chi connectivity index (χ1n) is 5.33. The van der Waals surface area contributed by atoms with Gasteiger partial charge in [0.2, 0.25) is 5.82 Å². The van der Waals surface area contributed by atoms with E-state index in [-0.39, 0.29) is 0 Å². The van der Waals surface area contributed by atoms with E-state index in [4.69, 9.17) is 0 Å². The third-order valence-electron chi connectivity index (χ3n) is 2.18. The summed E-state index contributed by atoms with van der Waals surface area (Å²) in [7, 11) is 0. The highest BCUT2D eigenvalue weighted by atomic mass is 127. The molecule has 1 heterocycles. The van der Waals surface area contributed by atoms with Gasteiger partial charge in [0.1, 0.15) is 0 Å². The Morgan fingerprint density at radius 3 is 1.40 bits per heavy atom. The van der Waals surface area contributed by atoms with Gasteiger partial charge < -0.3 is 0 Å². The van der Waals surface area contributed by atoms with Crippen LogP contribution in [0.25, 0.3) is 0 Å². The van der Waals surface area contributed by atoms with Gasteiger partial charge in [-0.2, -0.15) is 0 Å². The van der Waals surface area contributed by atoms with Crippen LogP contribution in [0.15, 0.2) is 18.2 Å². The topological polar surface area (TPSA) is 12.9 Å². The smallest absolute Gasteiger partial charge is 0.200 e. The molecule has 0 bridgehead atoms. The molecular weight excluding hydrogens is 392 g/mol. The summed E-state index contributed by atoms with van der Waals surface area (Å²) in [4.78, 5) is 4.17. The van der Waals surface area contributed by atoms with E-state index in [0.29, 0.717) is 0 Å². The third-order valence-corrected chi connectivity index (χ3v) is 3.13. The third kappa shape index (κ3) is 3.87. The number of nitrogens with zero attached hydrogens (tertiary/aromatic N) is 1. The van der Waals surface area contributed by atoms with E-state index in [1.807, 2.05) is 32.0 Å². The van der Waals surface area contributed by atoms with Crippen molar-refractivity contribution in [1.29, 1.82) is 0 Å². The van der Waals surface area contributed by atoms with E-state index in [2.05, 4.69) is 4.98 Å². The molecule has 0 aliphatic heterocycles. The summed E-state index contributed by atoms with van der Waals surface area (Å²) >= 11 is 1.04. The number of rotatable bonds is 0. The van der Waals surface area contributed by atoms with Gasteiger partial charge in [-0.15, -0.1) is 0 Å². The number of benzene rings is 1. The minimum absolute atomic E-state index is 0.899. The molecule has 2 rings (SSSR count). The lowest BCUT2D eigenvalue weighted by atomic mass is 10.3. The summed E-state index contributed by atoms with van der Waals surface area (Å²) in [6.45, 7) is 3.99. The minimum Gasteiger partial charge on any atom is -0.258 e. The van der Waals surface area contributed by atoms with Gasteiger partial charge >= 0.3 is 0 Å². The van der Waals surface area contributed by atoms with Crippen LogP contribution in [0.3, 0.4) is 0 Å². The monoisotopic (exact) mass is 401 g/mol. The summed E-state index contributed by atoms with van der Waals surface area (Å²) in [5.41, 5.74) is 2.18. The molecule has 20 heavy (non-hydrogen) atoms. The Morgan fingerprint density at radius 2 is 1.10 bits per heavy atom. The van der Waals surface area contributed by atoms with Crippen LogP contribution in [0.2, 0.25) is 0 Å². The number of aromatic nitrogens is 1. The Hall–Kier alpha value is -1.25. The molecule has 0 amide bonds. The summed E-state index contributed by atoms with van der Waals surface area (Å²) in [6, 6.07) is 6.00. The van der Waals surface area contributed by atoms with E-state index in [0.717, 1.165) is 34.0 Å². The van der Waals surface area contributed by atoms with Gasteiger partial charge in [-0.3, -0.25) is 4.98 Å². The summed E-state index contributed by atoms with van der Waals surface area (Å²) < 4.78 is 60.6. The molecule has 1 aromatic carbocycles. The van der Waals surface area contributed by atoms with Gasteiger partial charge in [0.15, 0.2) is 23.3 Å². The summed E-state index contributed by atoms with van der Waals surface area (Å²) in [5.74, 6) is -9.57. The number of hydrogen-bond donors (Lipinski definition) is 0. The number of hydrogen-bond acceptors (Lipinski definition) is 1. The van der Waals surface area contributed by atoms with Crippen molar-refractivity contribution in [2.24, 2.45) is 0 Å². The second kappa shape index (κ2) is 6.96. The second-order valence-corrected chi connectivity index (χ2v) is 4.88. The minimum atomic E-state index is -2.13. The van der Waals surface area contributed by atoms with Crippen LogP contribution in [0.4, 0.5) is 22.0 Å². The lowest BCUT2D eigenvalue weighted by Crippen LogP contribution is -2.03. The SMILES string of the molecule is Cc1cccc(C)n1.Fc1c(F)c(F)c(I)c(F)c1F. The number of halogens is 6. The van der Waals surface area contributed by atoms with Crippen molar-refractivity contribution in [3.8, 4) is 0 Å². The molecule has 2 aromatic rings. The predicted octanol–water partition coefficient (Wildman–Crippen LogP) is 4.69. The Labute approximate surface area is 126 Å². The molecule has 0 saturated heterocycles. The van der Waals surface area contributed by atoms with Crippen molar-refractivity contribution in [2.75, 3.05) is 0 Å². The molecule has 0 atom stereocenters. The van der Waals surface area contributed by atoms with E-state index in [9.17, 15) is 22.0 Å². The molecule has 0 aliphatic rings. The molecule has 0 spiro atoms. The second-order valence-electron chi connectivity index (χ2n) is 3.80. The Kier molecular flexibility index (Phi) is 5.85. The van der Waals surface area contributed by atoms with Crippen molar-refractivity contribution in [1.82, 2.24) is 4.98 Å². The van der Waals surface area contributed by atoms with Crippen LogP contribution >= 0.6 is 22.6 Å². The fourth-order valence-corrected chi connectivity index (χ4v) is 1.73. The number of aryl methyl sites for hydroxylation is 2. The first-order chi connectivity index (χ1) is 9.25. The summed E-state index contributed by atoms with van der Waals surface area (Å²) in [5, 5.41) is 0. The molecule has 7 heteroatoms. The van der Waals surface area contributed by atoms with Gasteiger partial charge in [-0.1, -0.05) is 6.07 Å². The van der Waals surface area contributed by atoms with Gasteiger partial charge in [0, 0.05) is 11.4 Å². The average molecular weight is 401 g/mol. The zero-order chi connectivity index (χ0) is 15.4. The number of pyridine rings is 1. The first-order valence-corrected chi connectivity index (χ1v) is 6.40. The maximum absolute atomic E-state index is 12.4. The normalized spacial score (nSPS) is 10.0. The van der Waals surface area contributed by atoms with Gasteiger partial charge in [0.25, 0.3) is 0 Å². The van der Waals surface area contributed by atoms with Crippen LogP contribution in [0.5, 0.6) is 0 Å². The average Bonchev–Trinajstić information content (AvgIpc) is 2.41. The molecule has 0 fully saturated rings. The van der Waals surface area contributed by atoms with Crippen LogP contribution in [0, 0.1) is 46.5 Å². The van der Waals surface area contributed by atoms with E-state index >= 15 is 0 Å². The molecule has 1 aromatic heterocycles. The van der Waals surface area contributed by atoms with E-state index < -0.39 is 32.7 Å². The highest BCUT2D eigenvalue weighted by molar-refractivity contribution is 14.1. The zero-order valence-corrected chi connectivity index (χ0v) is 12.6. The highest BCUT2D eigenvalue weighted by Crippen LogP contribution is 2.23. The van der Waals surface area contributed by atoms with Gasteiger partial charge in [-0.05, 0) is 48.6 Å². The maximum Gasteiger partial charge on any atom is 0.200 e. The van der Waals surface area contributed by atoms with Crippen LogP contribution < -0.4 is 0 Å². The molecule has 0 unspecified atom stereocenters. The molecule has 108 valence electrons. The Morgan fingerprint density at radius 1 is 0.750 bits per heavy atom. The Balaban J connectivity index is 0.000000217. The van der Waals surface area contributed by atoms with Crippen molar-refractivity contribution in [2.45, 2.75) is 13.8 Å². The lowest BCUT2D eigenvalue weighted by molar-refractivity contribution is 0.373. The van der Waals surface area contributed by atoms with Crippen molar-refractivity contribution in [3.05, 3.63) is 62.2 Å². The quantitative estimate of drug-likeness (QED) is 0.270. The van der Waals surface area contributed by atoms with Gasteiger partial charge in [-0.25, -0.2) is 22.0 Å². The zero-order valence-electron chi connectivity index (χ0n) is 10.4. The lowest BCUT2D eigenvalue weighted by Gasteiger charge is -2.00. The molecule has 0 radical (unpaired) electrons. The van der Waals surface area contributed by atoms with E-state index in [1.54, 1.807) is 0 Å². The molecule has 0 N–H and O–H groups in total. The maximum atomic E-state index is 12.4. The van der Waals surface area contributed by atoms with Crippen LogP contribution in [-0.2, 0) is 0 Å². The largest absolute Gasteiger partial charge is 0.258 e. The predicted molar refractivity (Wildman–Crippen MR) is 72.7 cm³/mol. The fourth-order valence-electron chi connectivity index (χ4n) is 1.26. The van der Waals surface area contributed by atoms with Crippen molar-refractivity contribution < 1.29 is 22.0 Å². The molecular formula is C13H9F5IN. The van der Waals surface area contributed by atoms with Crippen LogP contribution in [0.1, 0.15) is 11.4 Å². The van der Waals surface area contributed by atoms with Gasteiger partial charge in [0.05, 0.1) is 3.57 Å². The molecule has 0 aliphatic carbocycles. The summed E-state index contributed by atoms with van der Waals surface area (Å²) in [6.07, 6.45) is 0. The first kappa shape index (κ1) is 16.8. The standard InChI is InChI=1S/C7H9N.C6F5I/c1-6-4-3-5-7(2)8-6;7-1-2(8)4(10)6(12)5(11)3(1)9/h3-5H,1-2H3;. The highest BCUT2D eigenvalue weighted by Gasteiger charge is 2.23. The molecule has 0 saturated carbocycles. The fraction of sp³-hybridized carbons (Fsp3) is 0.154. The van der Waals surface area contributed by atoms with Crippen LogP contribution in [-0.4, -0.2) is 4.98 Å².